The lowest BCUT2D eigenvalue weighted by Crippen LogP contribution is -2.49. The lowest BCUT2D eigenvalue weighted by Gasteiger charge is -2.36. The van der Waals surface area contributed by atoms with E-state index in [1.165, 1.54) is 12.1 Å². The summed E-state index contributed by atoms with van der Waals surface area (Å²) in [4.78, 5) is 31.0. The average Bonchev–Trinajstić information content (AvgIpc) is 3.11. The van der Waals surface area contributed by atoms with Crippen LogP contribution in [0.15, 0.2) is 48.5 Å². The molecule has 0 aromatic heterocycles. The van der Waals surface area contributed by atoms with Gasteiger partial charge in [0.05, 0.1) is 0 Å². The summed E-state index contributed by atoms with van der Waals surface area (Å²) in [6, 6.07) is 14.1. The van der Waals surface area contributed by atoms with Gasteiger partial charge in [0.15, 0.2) is 0 Å². The van der Waals surface area contributed by atoms with E-state index < -0.39 is 0 Å². The number of hydrogen-bond donors (Lipinski definition) is 1. The van der Waals surface area contributed by atoms with Crippen LogP contribution in [0.5, 0.6) is 0 Å². The minimum Gasteiger partial charge on any atom is -0.324 e. The zero-order valence-electron chi connectivity index (χ0n) is 17.2. The van der Waals surface area contributed by atoms with Crippen LogP contribution in [-0.4, -0.2) is 59.0 Å². The summed E-state index contributed by atoms with van der Waals surface area (Å²) in [6.45, 7) is 5.09. The fourth-order valence-corrected chi connectivity index (χ4v) is 4.19. The van der Waals surface area contributed by atoms with E-state index in [4.69, 9.17) is 0 Å². The second-order valence-electron chi connectivity index (χ2n) is 7.99. The van der Waals surface area contributed by atoms with Crippen LogP contribution < -0.4 is 5.32 Å². The van der Waals surface area contributed by atoms with Crippen molar-refractivity contribution >= 4 is 17.7 Å². The first-order valence-corrected chi connectivity index (χ1v) is 10.4. The molecule has 0 bridgehead atoms. The molecule has 6 nitrogen and oxygen atoms in total. The van der Waals surface area contributed by atoms with Crippen molar-refractivity contribution in [2.45, 2.75) is 32.4 Å². The number of para-hydroxylation sites is 1. The molecular weight excluding hydrogens is 383 g/mol. The van der Waals surface area contributed by atoms with Gasteiger partial charge in [0.2, 0.25) is 0 Å². The normalized spacial score (nSPS) is 17.5. The minimum atomic E-state index is -0.272. The third kappa shape index (κ3) is 4.40. The Hall–Kier alpha value is -3.09. The molecule has 2 aliphatic rings. The molecule has 2 aliphatic heterocycles. The number of carbonyl (C=O) groups excluding carboxylic acids is 2. The molecule has 2 aromatic rings. The molecule has 0 atom stereocenters. The number of likely N-dealkylation sites (tertiary alicyclic amines) is 1. The van der Waals surface area contributed by atoms with Gasteiger partial charge in [-0.15, -0.1) is 0 Å². The van der Waals surface area contributed by atoms with Gasteiger partial charge < -0.3 is 20.0 Å². The van der Waals surface area contributed by atoms with Gasteiger partial charge in [-0.2, -0.15) is 0 Å². The number of hydrogen-bond acceptors (Lipinski definition) is 2. The lowest BCUT2D eigenvalue weighted by molar-refractivity contribution is 0.139. The second kappa shape index (κ2) is 8.73. The second-order valence-corrected chi connectivity index (χ2v) is 7.99. The highest BCUT2D eigenvalue weighted by molar-refractivity contribution is 5.90. The molecule has 2 fully saturated rings. The van der Waals surface area contributed by atoms with Crippen LogP contribution in [0.1, 0.15) is 24.0 Å². The van der Waals surface area contributed by atoms with Crippen LogP contribution in [0.25, 0.3) is 0 Å². The molecule has 2 saturated heterocycles. The molecule has 1 N–H and O–H groups in total. The molecular formula is C23H27FN4O2. The van der Waals surface area contributed by atoms with Crippen LogP contribution in [-0.2, 0) is 6.54 Å². The number of aryl methyl sites for hydroxylation is 1. The van der Waals surface area contributed by atoms with Gasteiger partial charge in [-0.05, 0) is 49.1 Å². The number of amides is 4. The van der Waals surface area contributed by atoms with Crippen molar-refractivity contribution in [3.8, 4) is 0 Å². The van der Waals surface area contributed by atoms with Crippen molar-refractivity contribution in [3.63, 3.8) is 0 Å². The first-order valence-electron chi connectivity index (χ1n) is 10.4. The van der Waals surface area contributed by atoms with E-state index in [1.54, 1.807) is 12.1 Å². The van der Waals surface area contributed by atoms with E-state index in [1.807, 2.05) is 45.9 Å². The lowest BCUT2D eigenvalue weighted by atomic mass is 10.0. The van der Waals surface area contributed by atoms with Crippen molar-refractivity contribution in [2.24, 2.45) is 0 Å². The van der Waals surface area contributed by atoms with E-state index in [0.29, 0.717) is 32.7 Å². The summed E-state index contributed by atoms with van der Waals surface area (Å²) in [5.74, 6) is -0.272. The molecule has 0 unspecified atom stereocenters. The zero-order chi connectivity index (χ0) is 21.1. The Morgan fingerprint density at radius 3 is 2.43 bits per heavy atom. The van der Waals surface area contributed by atoms with E-state index >= 15 is 0 Å². The number of carbonyl (C=O) groups is 2. The number of nitrogens with one attached hydrogen (secondary N) is 1. The Balaban J connectivity index is 1.29. The van der Waals surface area contributed by atoms with Crippen LogP contribution in [0.2, 0.25) is 0 Å². The molecule has 2 aromatic carbocycles. The Morgan fingerprint density at radius 2 is 1.73 bits per heavy atom. The minimum absolute atomic E-state index is 0.0298. The van der Waals surface area contributed by atoms with Crippen LogP contribution in [0.4, 0.5) is 19.7 Å². The molecule has 7 heteroatoms. The van der Waals surface area contributed by atoms with E-state index in [9.17, 15) is 14.0 Å². The van der Waals surface area contributed by atoms with Gasteiger partial charge in [-0.3, -0.25) is 0 Å². The number of benzene rings is 2. The highest BCUT2D eigenvalue weighted by Crippen LogP contribution is 2.23. The Morgan fingerprint density at radius 1 is 1.03 bits per heavy atom. The van der Waals surface area contributed by atoms with Crippen molar-refractivity contribution in [1.29, 1.82) is 0 Å². The Labute approximate surface area is 176 Å². The Bertz CT molecular complexity index is 910. The predicted molar refractivity (Wildman–Crippen MR) is 114 cm³/mol. The quantitative estimate of drug-likeness (QED) is 0.826. The largest absolute Gasteiger partial charge is 0.324 e. The number of anilines is 1. The number of piperidine rings is 1. The smallest absolute Gasteiger partial charge is 0.321 e. The molecule has 30 heavy (non-hydrogen) atoms. The summed E-state index contributed by atoms with van der Waals surface area (Å²) < 4.78 is 13.1. The predicted octanol–water partition coefficient (Wildman–Crippen LogP) is 4.07. The fourth-order valence-electron chi connectivity index (χ4n) is 4.19. The molecule has 4 amide bonds. The SMILES string of the molecule is Cc1ccccc1NC(=O)N1CCC(N2CCN(Cc3ccc(F)cc3)C2=O)CC1. The maximum absolute atomic E-state index is 13.1. The number of nitrogens with zero attached hydrogens (tertiary/aromatic N) is 3. The first-order chi connectivity index (χ1) is 14.5. The van der Waals surface area contributed by atoms with Crippen molar-refractivity contribution in [1.82, 2.24) is 14.7 Å². The summed E-state index contributed by atoms with van der Waals surface area (Å²) in [5, 5.41) is 2.98. The van der Waals surface area contributed by atoms with Gasteiger partial charge in [-0.1, -0.05) is 30.3 Å². The van der Waals surface area contributed by atoms with Gasteiger partial charge in [0, 0.05) is 44.5 Å². The van der Waals surface area contributed by atoms with Crippen LogP contribution >= 0.6 is 0 Å². The van der Waals surface area contributed by atoms with Gasteiger partial charge >= 0.3 is 12.1 Å². The van der Waals surface area contributed by atoms with Crippen molar-refractivity contribution in [3.05, 3.63) is 65.5 Å². The molecule has 158 valence electrons. The molecule has 4 rings (SSSR count). The van der Waals surface area contributed by atoms with Crippen LogP contribution in [0, 0.1) is 12.7 Å². The van der Waals surface area contributed by atoms with E-state index in [2.05, 4.69) is 5.32 Å². The average molecular weight is 410 g/mol. The third-order valence-corrected chi connectivity index (χ3v) is 5.99. The Kier molecular flexibility index (Phi) is 5.88. The monoisotopic (exact) mass is 410 g/mol. The maximum atomic E-state index is 13.1. The first kappa shape index (κ1) is 20.2. The van der Waals surface area contributed by atoms with Crippen molar-refractivity contribution in [2.75, 3.05) is 31.5 Å². The molecule has 0 saturated carbocycles. The highest BCUT2D eigenvalue weighted by atomic mass is 19.1. The molecule has 0 radical (unpaired) electrons. The van der Waals surface area contributed by atoms with Crippen molar-refractivity contribution < 1.29 is 14.0 Å². The topological polar surface area (TPSA) is 55.9 Å². The molecule has 0 spiro atoms. The molecule has 2 heterocycles. The summed E-state index contributed by atoms with van der Waals surface area (Å²) in [5.41, 5.74) is 2.79. The zero-order valence-corrected chi connectivity index (χ0v) is 17.2. The van der Waals surface area contributed by atoms with Gasteiger partial charge in [-0.25, -0.2) is 14.0 Å². The summed E-state index contributed by atoms with van der Waals surface area (Å²) in [6.07, 6.45) is 1.55. The summed E-state index contributed by atoms with van der Waals surface area (Å²) >= 11 is 0. The standard InChI is InChI=1S/C23H27FN4O2/c1-17-4-2-3-5-21(17)25-22(29)26-12-10-20(11-13-26)28-15-14-27(23(28)30)16-18-6-8-19(24)9-7-18/h2-9,20H,10-16H2,1H3,(H,25,29). The number of halogens is 1. The number of urea groups is 2. The van der Waals surface area contributed by atoms with E-state index in [-0.39, 0.29) is 23.9 Å². The molecule has 0 aliphatic carbocycles. The van der Waals surface area contributed by atoms with Gasteiger partial charge in [0.25, 0.3) is 0 Å². The van der Waals surface area contributed by atoms with Gasteiger partial charge in [0.1, 0.15) is 5.82 Å². The van der Waals surface area contributed by atoms with E-state index in [0.717, 1.165) is 29.7 Å². The summed E-state index contributed by atoms with van der Waals surface area (Å²) in [7, 11) is 0. The maximum Gasteiger partial charge on any atom is 0.321 e. The van der Waals surface area contributed by atoms with Crippen LogP contribution in [0.3, 0.4) is 0 Å². The fraction of sp³-hybridized carbons (Fsp3) is 0.391. The highest BCUT2D eigenvalue weighted by Gasteiger charge is 2.36. The number of rotatable bonds is 4. The third-order valence-electron chi connectivity index (χ3n) is 5.99.